The van der Waals surface area contributed by atoms with Crippen LogP contribution in [0.5, 0.6) is 0 Å². The number of carbonyl (C=O) groups excluding carboxylic acids is 1. The van der Waals surface area contributed by atoms with Crippen LogP contribution in [0.2, 0.25) is 0 Å². The van der Waals surface area contributed by atoms with Gasteiger partial charge in [-0.2, -0.15) is 5.10 Å². The Hall–Kier alpha value is -1.36. The van der Waals surface area contributed by atoms with E-state index in [2.05, 4.69) is 30.0 Å². The summed E-state index contributed by atoms with van der Waals surface area (Å²) in [5, 5.41) is 4.37. The van der Waals surface area contributed by atoms with E-state index in [0.717, 1.165) is 44.8 Å². The molecule has 0 radical (unpaired) electrons. The first-order valence-corrected chi connectivity index (χ1v) is 7.09. The van der Waals surface area contributed by atoms with Crippen molar-refractivity contribution in [3.05, 3.63) is 17.5 Å². The molecule has 0 spiro atoms. The molecule has 0 saturated carbocycles. The third-order valence-corrected chi connectivity index (χ3v) is 3.70. The van der Waals surface area contributed by atoms with E-state index in [0.29, 0.717) is 12.3 Å². The first-order chi connectivity index (χ1) is 9.10. The molecular weight excluding hydrogens is 240 g/mol. The second kappa shape index (κ2) is 6.19. The van der Waals surface area contributed by atoms with Gasteiger partial charge in [-0.15, -0.1) is 0 Å². The quantitative estimate of drug-likeness (QED) is 0.820. The standard InChI is InChI=1S/C14H24N4O/c1-4-5-14(19)18-8-6-17(7-9-18)11-13-10-16(3)15-12(13)2/h10H,4-9,11H2,1-3H3. The van der Waals surface area contributed by atoms with Crippen molar-refractivity contribution in [3.63, 3.8) is 0 Å². The van der Waals surface area contributed by atoms with Crippen molar-refractivity contribution in [2.24, 2.45) is 7.05 Å². The number of piperazine rings is 1. The van der Waals surface area contributed by atoms with Gasteiger partial charge in [-0.3, -0.25) is 14.4 Å². The minimum absolute atomic E-state index is 0.305. The van der Waals surface area contributed by atoms with Crippen LogP contribution in [0.4, 0.5) is 0 Å². The molecule has 1 fully saturated rings. The highest BCUT2D eigenvalue weighted by Gasteiger charge is 2.21. The summed E-state index contributed by atoms with van der Waals surface area (Å²) in [5.41, 5.74) is 2.39. The Bertz CT molecular complexity index is 433. The Morgan fingerprint density at radius 2 is 2.00 bits per heavy atom. The monoisotopic (exact) mass is 264 g/mol. The Morgan fingerprint density at radius 3 is 2.53 bits per heavy atom. The van der Waals surface area contributed by atoms with Crippen LogP contribution in [0.3, 0.4) is 0 Å². The minimum atomic E-state index is 0.305. The van der Waals surface area contributed by atoms with Crippen molar-refractivity contribution in [1.82, 2.24) is 19.6 Å². The lowest BCUT2D eigenvalue weighted by Crippen LogP contribution is -2.48. The number of carbonyl (C=O) groups is 1. The summed E-state index contributed by atoms with van der Waals surface area (Å²) in [5.74, 6) is 0.305. The molecule has 5 heteroatoms. The average molecular weight is 264 g/mol. The van der Waals surface area contributed by atoms with Gasteiger partial charge in [-0.05, 0) is 13.3 Å². The van der Waals surface area contributed by atoms with Crippen LogP contribution in [-0.4, -0.2) is 51.7 Å². The van der Waals surface area contributed by atoms with Gasteiger partial charge in [0.25, 0.3) is 0 Å². The summed E-state index contributed by atoms with van der Waals surface area (Å²) >= 11 is 0. The first-order valence-electron chi connectivity index (χ1n) is 7.09. The Labute approximate surface area is 115 Å². The van der Waals surface area contributed by atoms with Gasteiger partial charge in [0.15, 0.2) is 0 Å². The normalized spacial score (nSPS) is 16.9. The molecule has 0 bridgehead atoms. The van der Waals surface area contributed by atoms with E-state index in [-0.39, 0.29) is 0 Å². The molecule has 2 rings (SSSR count). The summed E-state index contributed by atoms with van der Waals surface area (Å²) in [6, 6.07) is 0. The zero-order valence-corrected chi connectivity index (χ0v) is 12.2. The lowest BCUT2D eigenvalue weighted by Gasteiger charge is -2.34. The second-order valence-electron chi connectivity index (χ2n) is 5.32. The molecular formula is C14H24N4O. The predicted octanol–water partition coefficient (Wildman–Crippen LogP) is 1.17. The summed E-state index contributed by atoms with van der Waals surface area (Å²) < 4.78 is 1.87. The van der Waals surface area contributed by atoms with E-state index in [1.54, 1.807) is 0 Å². The summed E-state index contributed by atoms with van der Waals surface area (Å²) in [4.78, 5) is 16.2. The maximum Gasteiger partial charge on any atom is 0.222 e. The molecule has 0 aliphatic carbocycles. The van der Waals surface area contributed by atoms with E-state index < -0.39 is 0 Å². The van der Waals surface area contributed by atoms with Gasteiger partial charge in [0, 0.05) is 58.0 Å². The van der Waals surface area contributed by atoms with Crippen molar-refractivity contribution in [2.45, 2.75) is 33.2 Å². The highest BCUT2D eigenvalue weighted by Crippen LogP contribution is 2.12. The van der Waals surface area contributed by atoms with Crippen molar-refractivity contribution in [2.75, 3.05) is 26.2 Å². The number of hydrogen-bond donors (Lipinski definition) is 0. The van der Waals surface area contributed by atoms with Crippen molar-refractivity contribution >= 4 is 5.91 Å². The van der Waals surface area contributed by atoms with Gasteiger partial charge in [0.1, 0.15) is 0 Å². The lowest BCUT2D eigenvalue weighted by molar-refractivity contribution is -0.133. The molecule has 0 unspecified atom stereocenters. The Morgan fingerprint density at radius 1 is 1.32 bits per heavy atom. The minimum Gasteiger partial charge on any atom is -0.340 e. The molecule has 1 aliphatic heterocycles. The highest BCUT2D eigenvalue weighted by atomic mass is 16.2. The summed E-state index contributed by atoms with van der Waals surface area (Å²) in [6.07, 6.45) is 3.71. The van der Waals surface area contributed by atoms with Crippen LogP contribution in [0, 0.1) is 6.92 Å². The average Bonchev–Trinajstić information content (AvgIpc) is 2.69. The molecule has 0 aromatic carbocycles. The fourth-order valence-electron chi connectivity index (χ4n) is 2.57. The molecule has 0 N–H and O–H groups in total. The maximum atomic E-state index is 11.8. The number of aryl methyl sites for hydroxylation is 2. The first kappa shape index (κ1) is 14.1. The molecule has 1 saturated heterocycles. The maximum absolute atomic E-state index is 11.8. The van der Waals surface area contributed by atoms with Gasteiger partial charge in [-0.25, -0.2) is 0 Å². The predicted molar refractivity (Wildman–Crippen MR) is 74.7 cm³/mol. The van der Waals surface area contributed by atoms with Crippen LogP contribution in [0.15, 0.2) is 6.20 Å². The van der Waals surface area contributed by atoms with Crippen LogP contribution in [0.1, 0.15) is 31.0 Å². The third-order valence-electron chi connectivity index (χ3n) is 3.70. The smallest absolute Gasteiger partial charge is 0.222 e. The van der Waals surface area contributed by atoms with Crippen molar-refractivity contribution in [1.29, 1.82) is 0 Å². The van der Waals surface area contributed by atoms with E-state index in [9.17, 15) is 4.79 Å². The fraction of sp³-hybridized carbons (Fsp3) is 0.714. The highest BCUT2D eigenvalue weighted by molar-refractivity contribution is 5.76. The zero-order valence-electron chi connectivity index (χ0n) is 12.2. The van der Waals surface area contributed by atoms with Gasteiger partial charge >= 0.3 is 0 Å². The van der Waals surface area contributed by atoms with E-state index in [4.69, 9.17) is 0 Å². The van der Waals surface area contributed by atoms with Gasteiger partial charge in [0.2, 0.25) is 5.91 Å². The van der Waals surface area contributed by atoms with Crippen LogP contribution in [-0.2, 0) is 18.4 Å². The number of rotatable bonds is 4. The number of hydrogen-bond acceptors (Lipinski definition) is 3. The van der Waals surface area contributed by atoms with E-state index in [1.807, 2.05) is 16.6 Å². The van der Waals surface area contributed by atoms with Crippen LogP contribution >= 0.6 is 0 Å². The van der Waals surface area contributed by atoms with Crippen molar-refractivity contribution in [3.8, 4) is 0 Å². The number of aromatic nitrogens is 2. The molecule has 1 amide bonds. The Balaban J connectivity index is 1.83. The SMILES string of the molecule is CCCC(=O)N1CCN(Cc2cn(C)nc2C)CC1. The summed E-state index contributed by atoms with van der Waals surface area (Å²) in [6.45, 7) is 8.69. The van der Waals surface area contributed by atoms with Gasteiger partial charge < -0.3 is 4.90 Å². The third kappa shape index (κ3) is 3.56. The number of amides is 1. The molecule has 1 aliphatic rings. The molecule has 1 aromatic heterocycles. The molecule has 106 valence electrons. The van der Waals surface area contributed by atoms with E-state index >= 15 is 0 Å². The molecule has 19 heavy (non-hydrogen) atoms. The van der Waals surface area contributed by atoms with E-state index in [1.165, 1.54) is 5.56 Å². The van der Waals surface area contributed by atoms with Gasteiger partial charge in [-0.1, -0.05) is 6.92 Å². The molecule has 1 aromatic rings. The lowest BCUT2D eigenvalue weighted by atomic mass is 10.2. The van der Waals surface area contributed by atoms with Crippen LogP contribution < -0.4 is 0 Å². The Kier molecular flexibility index (Phi) is 4.58. The topological polar surface area (TPSA) is 41.4 Å². The zero-order chi connectivity index (χ0) is 13.8. The largest absolute Gasteiger partial charge is 0.340 e. The fourth-order valence-corrected chi connectivity index (χ4v) is 2.57. The molecule has 5 nitrogen and oxygen atoms in total. The summed E-state index contributed by atoms with van der Waals surface area (Å²) in [7, 11) is 1.96. The molecule has 0 atom stereocenters. The number of nitrogens with zero attached hydrogens (tertiary/aromatic N) is 4. The molecule has 2 heterocycles. The van der Waals surface area contributed by atoms with Crippen LogP contribution in [0.25, 0.3) is 0 Å². The van der Waals surface area contributed by atoms with Gasteiger partial charge in [0.05, 0.1) is 5.69 Å². The van der Waals surface area contributed by atoms with Crippen molar-refractivity contribution < 1.29 is 4.79 Å². The second-order valence-corrected chi connectivity index (χ2v) is 5.32.